The first-order valence-electron chi connectivity index (χ1n) is 11.8. The largest absolute Gasteiger partial charge is 0.473 e. The summed E-state index contributed by atoms with van der Waals surface area (Å²) in [6.45, 7) is 4.27. The molecule has 1 aromatic carbocycles. The summed E-state index contributed by atoms with van der Waals surface area (Å²) in [4.78, 5) is 12.2. The fraction of sp³-hybridized carbons (Fsp3) is 0.280. The molecule has 3 aromatic heterocycles. The van der Waals surface area contributed by atoms with Crippen molar-refractivity contribution in [1.82, 2.24) is 24.7 Å². The van der Waals surface area contributed by atoms with Crippen molar-refractivity contribution in [2.75, 3.05) is 20.0 Å². The van der Waals surface area contributed by atoms with E-state index in [9.17, 15) is 8.42 Å². The van der Waals surface area contributed by atoms with Crippen molar-refractivity contribution in [3.63, 3.8) is 0 Å². The van der Waals surface area contributed by atoms with Gasteiger partial charge in [-0.15, -0.1) is 5.10 Å². The lowest BCUT2D eigenvalue weighted by Gasteiger charge is -2.14. The maximum absolute atomic E-state index is 12.6. The van der Waals surface area contributed by atoms with Gasteiger partial charge in [0.15, 0.2) is 16.5 Å². The van der Waals surface area contributed by atoms with E-state index in [0.717, 1.165) is 5.56 Å². The molecule has 14 heteroatoms. The normalized spacial score (nSPS) is 12.7. The zero-order valence-corrected chi connectivity index (χ0v) is 22.9. The van der Waals surface area contributed by atoms with Crippen LogP contribution in [0.4, 0.5) is 0 Å². The van der Waals surface area contributed by atoms with Gasteiger partial charge in [0.05, 0.1) is 28.7 Å². The van der Waals surface area contributed by atoms with E-state index < -0.39 is 10.0 Å². The Bertz CT molecular complexity index is 1630. The van der Waals surface area contributed by atoms with E-state index in [0.29, 0.717) is 38.9 Å². The lowest BCUT2D eigenvalue weighted by atomic mass is 9.98. The van der Waals surface area contributed by atoms with E-state index in [1.54, 1.807) is 25.2 Å². The van der Waals surface area contributed by atoms with Crippen molar-refractivity contribution < 1.29 is 27.4 Å². The number of fused-ring (bicyclic) bond motifs is 1. The predicted molar refractivity (Wildman–Crippen MR) is 141 cm³/mol. The number of nitrogens with two attached hydrogens (primary N) is 1. The lowest BCUT2D eigenvalue weighted by Crippen LogP contribution is -2.16. The number of rotatable bonds is 9. The summed E-state index contributed by atoms with van der Waals surface area (Å²) in [6, 6.07) is 7.27. The van der Waals surface area contributed by atoms with Crippen LogP contribution >= 0.6 is 11.6 Å². The minimum atomic E-state index is -4.18. The number of hydrogen-bond acceptors (Lipinski definition) is 10. The van der Waals surface area contributed by atoms with Crippen LogP contribution in [-0.2, 0) is 17.1 Å². The number of sulfonamides is 1. The maximum Gasteiger partial charge on any atom is 0.316 e. The quantitative estimate of drug-likeness (QED) is 0.294. The standard InChI is InChI=1S/C25H25ClN6O6S/c1-14(2)16-8-18(24(28-10-16)39(27,33)34)22-21(15-4-5-19-20(9-15)38-13-37-19)23(31-32(22)3)35-6-7-36-25-29-11-17(26)12-30-25/h4-5,8-12,14H,6-7,13H2,1-3H3,(H2,27,33,34). The molecule has 1 aliphatic heterocycles. The molecule has 5 rings (SSSR count). The first-order valence-corrected chi connectivity index (χ1v) is 13.8. The minimum absolute atomic E-state index is 0.0796. The molecule has 2 N–H and O–H groups in total. The third-order valence-electron chi connectivity index (χ3n) is 5.89. The van der Waals surface area contributed by atoms with Gasteiger partial charge in [-0.1, -0.05) is 31.5 Å². The summed E-state index contributed by atoms with van der Waals surface area (Å²) in [5.41, 5.74) is 2.76. The Hall–Kier alpha value is -3.94. The van der Waals surface area contributed by atoms with Gasteiger partial charge in [0.25, 0.3) is 10.0 Å². The van der Waals surface area contributed by atoms with E-state index in [1.807, 2.05) is 19.9 Å². The van der Waals surface area contributed by atoms with E-state index in [1.165, 1.54) is 23.3 Å². The molecule has 0 unspecified atom stereocenters. The number of primary sulfonamides is 1. The highest BCUT2D eigenvalue weighted by Gasteiger charge is 2.28. The lowest BCUT2D eigenvalue weighted by molar-refractivity contribution is 0.174. The molecule has 12 nitrogen and oxygen atoms in total. The molecular weight excluding hydrogens is 548 g/mol. The Balaban J connectivity index is 1.58. The number of aryl methyl sites for hydroxylation is 1. The number of nitrogens with zero attached hydrogens (tertiary/aromatic N) is 5. The van der Waals surface area contributed by atoms with Crippen LogP contribution < -0.4 is 24.1 Å². The zero-order chi connectivity index (χ0) is 27.7. The van der Waals surface area contributed by atoms with Gasteiger partial charge in [-0.05, 0) is 35.2 Å². The van der Waals surface area contributed by atoms with Crippen LogP contribution in [0, 0.1) is 0 Å². The summed E-state index contributed by atoms with van der Waals surface area (Å²) in [5.74, 6) is 1.45. The van der Waals surface area contributed by atoms with Crippen LogP contribution in [0.5, 0.6) is 23.4 Å². The zero-order valence-electron chi connectivity index (χ0n) is 21.3. The van der Waals surface area contributed by atoms with E-state index >= 15 is 0 Å². The van der Waals surface area contributed by atoms with Crippen molar-refractivity contribution in [2.24, 2.45) is 12.2 Å². The van der Waals surface area contributed by atoms with Crippen molar-refractivity contribution in [3.8, 4) is 45.8 Å². The van der Waals surface area contributed by atoms with E-state index in [4.69, 9.17) is 35.7 Å². The van der Waals surface area contributed by atoms with Crippen LogP contribution in [0.15, 0.2) is 47.9 Å². The van der Waals surface area contributed by atoms with Crippen molar-refractivity contribution in [3.05, 3.63) is 53.4 Å². The van der Waals surface area contributed by atoms with Gasteiger partial charge in [0.2, 0.25) is 12.7 Å². The van der Waals surface area contributed by atoms with Gasteiger partial charge in [-0.2, -0.15) is 0 Å². The number of hydrogen-bond donors (Lipinski definition) is 1. The van der Waals surface area contributed by atoms with Gasteiger partial charge < -0.3 is 18.9 Å². The number of benzene rings is 1. The summed E-state index contributed by atoms with van der Waals surface area (Å²) < 4.78 is 49.3. The monoisotopic (exact) mass is 572 g/mol. The molecule has 0 radical (unpaired) electrons. The Morgan fingerprint density at radius 3 is 2.49 bits per heavy atom. The summed E-state index contributed by atoms with van der Waals surface area (Å²) in [5, 5.41) is 10.3. The SMILES string of the molecule is CC(C)c1cnc(S(N)(=O)=O)c(-c2c(-c3ccc4c(c3)OCO4)c(OCCOc3ncc(Cl)cn3)nn2C)c1. The highest BCUT2D eigenvalue weighted by atomic mass is 35.5. The average molecular weight is 573 g/mol. The summed E-state index contributed by atoms with van der Waals surface area (Å²) >= 11 is 5.82. The van der Waals surface area contributed by atoms with Crippen molar-refractivity contribution in [1.29, 1.82) is 0 Å². The third kappa shape index (κ3) is 5.60. The van der Waals surface area contributed by atoms with Gasteiger partial charge >= 0.3 is 6.01 Å². The van der Waals surface area contributed by atoms with Crippen LogP contribution in [-0.4, -0.2) is 53.2 Å². The molecule has 0 saturated carbocycles. The topological polar surface area (TPSA) is 154 Å². The fourth-order valence-corrected chi connectivity index (χ4v) is 4.81. The van der Waals surface area contributed by atoms with Gasteiger partial charge in [0, 0.05) is 18.8 Å². The predicted octanol–water partition coefficient (Wildman–Crippen LogP) is 3.55. The van der Waals surface area contributed by atoms with Crippen LogP contribution in [0.1, 0.15) is 25.3 Å². The highest BCUT2D eigenvalue weighted by Crippen LogP contribution is 2.44. The number of aromatic nitrogens is 5. The van der Waals surface area contributed by atoms with Crippen LogP contribution in [0.2, 0.25) is 5.02 Å². The van der Waals surface area contributed by atoms with Crippen molar-refractivity contribution in [2.45, 2.75) is 24.8 Å². The second-order valence-electron chi connectivity index (χ2n) is 8.92. The van der Waals surface area contributed by atoms with Crippen LogP contribution in [0.25, 0.3) is 22.4 Å². The summed E-state index contributed by atoms with van der Waals surface area (Å²) in [7, 11) is -2.49. The van der Waals surface area contributed by atoms with Crippen LogP contribution in [0.3, 0.4) is 0 Å². The molecule has 0 bridgehead atoms. The molecule has 0 aliphatic carbocycles. The molecule has 1 aliphatic rings. The van der Waals surface area contributed by atoms with Gasteiger partial charge in [0.1, 0.15) is 13.2 Å². The molecule has 0 saturated heterocycles. The highest BCUT2D eigenvalue weighted by molar-refractivity contribution is 7.89. The molecule has 204 valence electrons. The smallest absolute Gasteiger partial charge is 0.316 e. The van der Waals surface area contributed by atoms with E-state index in [2.05, 4.69) is 20.1 Å². The molecular formula is C25H25ClN6O6S. The van der Waals surface area contributed by atoms with Gasteiger partial charge in [-0.25, -0.2) is 28.5 Å². The summed E-state index contributed by atoms with van der Waals surface area (Å²) in [6.07, 6.45) is 4.37. The number of halogens is 1. The third-order valence-corrected chi connectivity index (χ3v) is 6.95. The number of ether oxygens (including phenoxy) is 4. The second kappa shape index (κ2) is 10.7. The Morgan fingerprint density at radius 2 is 1.77 bits per heavy atom. The average Bonchev–Trinajstić information content (AvgIpc) is 3.50. The maximum atomic E-state index is 12.6. The first kappa shape index (κ1) is 26.7. The number of pyridine rings is 1. The Morgan fingerprint density at radius 1 is 1.05 bits per heavy atom. The van der Waals surface area contributed by atoms with Gasteiger partial charge in [-0.3, -0.25) is 4.68 Å². The second-order valence-corrected chi connectivity index (χ2v) is 10.8. The molecule has 0 spiro atoms. The molecule has 0 atom stereocenters. The Labute approximate surface area is 229 Å². The first-order chi connectivity index (χ1) is 18.6. The minimum Gasteiger partial charge on any atom is -0.473 e. The molecule has 4 aromatic rings. The van der Waals surface area contributed by atoms with E-state index in [-0.39, 0.29) is 42.8 Å². The molecule has 39 heavy (non-hydrogen) atoms. The fourth-order valence-electron chi connectivity index (χ4n) is 4.05. The molecule has 0 amide bonds. The molecule has 4 heterocycles. The molecule has 0 fully saturated rings. The van der Waals surface area contributed by atoms with Crippen molar-refractivity contribution >= 4 is 21.6 Å². The Kier molecular flexibility index (Phi) is 7.30.